The van der Waals surface area contributed by atoms with Gasteiger partial charge in [0.05, 0.1) is 12.6 Å². The summed E-state index contributed by atoms with van der Waals surface area (Å²) in [5.41, 5.74) is 5.38. The summed E-state index contributed by atoms with van der Waals surface area (Å²) in [5, 5.41) is 29.1. The molecule has 1 aliphatic heterocycles. The van der Waals surface area contributed by atoms with Crippen molar-refractivity contribution in [2.75, 3.05) is 6.61 Å². The number of carbonyl (C=O) groups excluding carboxylic acids is 1. The second-order valence-electron chi connectivity index (χ2n) is 4.13. The van der Waals surface area contributed by atoms with Gasteiger partial charge in [0, 0.05) is 6.92 Å². The standard InChI is InChI=1S/C8H15NO9S/c1-3(10)8(13)7(9)6(12)5(11)4(18-8)2-17-19(14,15)16/h4-7,11-13H,2,9H2,1H3,(H,14,15,16)/t4-,5-,6+,7-,8?/m1/s1. The van der Waals surface area contributed by atoms with Crippen LogP contribution in [0.5, 0.6) is 0 Å². The zero-order valence-electron chi connectivity index (χ0n) is 9.83. The molecular formula is C8H15NO9S. The Hall–Kier alpha value is -0.660. The first-order valence-electron chi connectivity index (χ1n) is 5.14. The van der Waals surface area contributed by atoms with Crippen LogP contribution in [-0.4, -0.2) is 70.8 Å². The molecule has 1 aliphatic rings. The normalized spacial score (nSPS) is 40.1. The van der Waals surface area contributed by atoms with Gasteiger partial charge in [-0.15, -0.1) is 0 Å². The van der Waals surface area contributed by atoms with Crippen molar-refractivity contribution in [3.63, 3.8) is 0 Å². The average molecular weight is 301 g/mol. The van der Waals surface area contributed by atoms with E-state index in [0.717, 1.165) is 6.92 Å². The molecule has 1 saturated heterocycles. The molecule has 112 valence electrons. The molecule has 0 aromatic carbocycles. The van der Waals surface area contributed by atoms with E-state index in [0.29, 0.717) is 0 Å². The molecule has 0 bridgehead atoms. The van der Waals surface area contributed by atoms with E-state index in [4.69, 9.17) is 15.0 Å². The lowest BCUT2D eigenvalue weighted by Gasteiger charge is -2.44. The fraction of sp³-hybridized carbons (Fsp3) is 0.875. The molecule has 0 radical (unpaired) electrons. The Bertz CT molecular complexity index is 451. The van der Waals surface area contributed by atoms with Crippen LogP contribution in [-0.2, 0) is 24.1 Å². The van der Waals surface area contributed by atoms with E-state index in [2.05, 4.69) is 4.18 Å². The van der Waals surface area contributed by atoms with Crippen LogP contribution >= 0.6 is 0 Å². The Morgan fingerprint density at radius 1 is 1.42 bits per heavy atom. The van der Waals surface area contributed by atoms with Gasteiger partial charge in [-0.2, -0.15) is 8.42 Å². The molecule has 1 heterocycles. The third-order valence-corrected chi connectivity index (χ3v) is 3.20. The van der Waals surface area contributed by atoms with Crippen LogP contribution < -0.4 is 5.73 Å². The van der Waals surface area contributed by atoms with E-state index < -0.39 is 52.9 Å². The molecule has 1 fully saturated rings. The number of nitrogens with two attached hydrogens (primary N) is 1. The van der Waals surface area contributed by atoms with Crippen molar-refractivity contribution < 1.29 is 42.0 Å². The van der Waals surface area contributed by atoms with Crippen molar-refractivity contribution in [1.82, 2.24) is 0 Å². The lowest BCUT2D eigenvalue weighted by atomic mass is 9.89. The van der Waals surface area contributed by atoms with Gasteiger partial charge in [-0.1, -0.05) is 0 Å². The molecule has 1 rings (SSSR count). The lowest BCUT2D eigenvalue weighted by molar-refractivity contribution is -0.295. The second kappa shape index (κ2) is 5.38. The molecule has 0 saturated carbocycles. The van der Waals surface area contributed by atoms with Crippen molar-refractivity contribution in [3.05, 3.63) is 0 Å². The third kappa shape index (κ3) is 3.46. The second-order valence-corrected chi connectivity index (χ2v) is 5.22. The summed E-state index contributed by atoms with van der Waals surface area (Å²) in [6.45, 7) is 0.0182. The summed E-state index contributed by atoms with van der Waals surface area (Å²) >= 11 is 0. The molecule has 19 heavy (non-hydrogen) atoms. The van der Waals surface area contributed by atoms with Crippen molar-refractivity contribution >= 4 is 16.2 Å². The summed E-state index contributed by atoms with van der Waals surface area (Å²) in [7, 11) is -4.81. The fourth-order valence-corrected chi connectivity index (χ4v) is 1.95. The van der Waals surface area contributed by atoms with Crippen molar-refractivity contribution in [1.29, 1.82) is 0 Å². The number of hydrogen-bond donors (Lipinski definition) is 5. The zero-order valence-corrected chi connectivity index (χ0v) is 10.6. The first kappa shape index (κ1) is 16.4. The van der Waals surface area contributed by atoms with Gasteiger partial charge < -0.3 is 25.8 Å². The molecule has 0 aromatic rings. The SMILES string of the molecule is CC(=O)C1(O)O[C@H](COS(=O)(=O)O)[C@@H](O)[C@H](O)[C@H]1N. The van der Waals surface area contributed by atoms with Crippen LogP contribution in [0.1, 0.15) is 6.92 Å². The first-order chi connectivity index (χ1) is 8.49. The highest BCUT2D eigenvalue weighted by Crippen LogP contribution is 2.28. The number of aliphatic hydroxyl groups excluding tert-OH is 2. The minimum Gasteiger partial charge on any atom is -0.388 e. The average Bonchev–Trinajstić information content (AvgIpc) is 2.28. The van der Waals surface area contributed by atoms with Gasteiger partial charge in [-0.25, -0.2) is 4.18 Å². The molecule has 11 heteroatoms. The molecule has 1 unspecified atom stereocenters. The predicted molar refractivity (Wildman–Crippen MR) is 58.0 cm³/mol. The van der Waals surface area contributed by atoms with Gasteiger partial charge in [0.15, 0.2) is 5.78 Å². The van der Waals surface area contributed by atoms with Gasteiger partial charge in [0.25, 0.3) is 0 Å². The molecule has 6 N–H and O–H groups in total. The maximum absolute atomic E-state index is 11.3. The maximum atomic E-state index is 11.3. The Balaban J connectivity index is 2.91. The van der Waals surface area contributed by atoms with Crippen molar-refractivity contribution in [2.45, 2.75) is 37.1 Å². The summed E-state index contributed by atoms with van der Waals surface area (Å²) in [6.07, 6.45) is -5.04. The molecule has 0 spiro atoms. The predicted octanol–water partition coefficient (Wildman–Crippen LogP) is -3.47. The topological polar surface area (TPSA) is 177 Å². The van der Waals surface area contributed by atoms with E-state index in [9.17, 15) is 28.5 Å². The van der Waals surface area contributed by atoms with Gasteiger partial charge in [-0.3, -0.25) is 9.35 Å². The van der Waals surface area contributed by atoms with Crippen molar-refractivity contribution in [2.24, 2.45) is 5.73 Å². The molecule has 0 aromatic heterocycles. The van der Waals surface area contributed by atoms with E-state index in [1.165, 1.54) is 0 Å². The van der Waals surface area contributed by atoms with E-state index in [1.54, 1.807) is 0 Å². The van der Waals surface area contributed by atoms with Crippen LogP contribution in [0.4, 0.5) is 0 Å². The molecular weight excluding hydrogens is 286 g/mol. The summed E-state index contributed by atoms with van der Waals surface area (Å²) in [5.74, 6) is -3.53. The molecule has 0 amide bonds. The monoisotopic (exact) mass is 301 g/mol. The van der Waals surface area contributed by atoms with Gasteiger partial charge >= 0.3 is 10.4 Å². The highest BCUT2D eigenvalue weighted by molar-refractivity contribution is 7.80. The van der Waals surface area contributed by atoms with Crippen LogP contribution in [0, 0.1) is 0 Å². The minimum atomic E-state index is -4.81. The number of ketones is 1. The number of aliphatic hydroxyl groups is 3. The zero-order chi connectivity index (χ0) is 15.0. The lowest BCUT2D eigenvalue weighted by Crippen LogP contribution is -2.70. The Morgan fingerprint density at radius 2 is 1.95 bits per heavy atom. The van der Waals surface area contributed by atoms with Gasteiger partial charge in [0.1, 0.15) is 18.3 Å². The molecule has 5 atom stereocenters. The quantitative estimate of drug-likeness (QED) is 0.328. The number of Topliss-reactive ketones (excluding diaryl/α,β-unsaturated/α-hetero) is 1. The van der Waals surface area contributed by atoms with Crippen LogP contribution in [0.15, 0.2) is 0 Å². The minimum absolute atomic E-state index is 0.917. The van der Waals surface area contributed by atoms with Gasteiger partial charge in [0.2, 0.25) is 5.79 Å². The fourth-order valence-electron chi connectivity index (χ4n) is 1.65. The molecule has 0 aliphatic carbocycles. The van der Waals surface area contributed by atoms with E-state index in [1.807, 2.05) is 0 Å². The van der Waals surface area contributed by atoms with Crippen LogP contribution in [0.25, 0.3) is 0 Å². The smallest absolute Gasteiger partial charge is 0.388 e. The Labute approximate surface area is 108 Å². The van der Waals surface area contributed by atoms with Crippen molar-refractivity contribution in [3.8, 4) is 0 Å². The number of hydrogen-bond acceptors (Lipinski definition) is 9. The summed E-state index contributed by atoms with van der Waals surface area (Å²) < 4.78 is 38.0. The third-order valence-electron chi connectivity index (χ3n) is 2.77. The highest BCUT2D eigenvalue weighted by Gasteiger charge is 2.54. The van der Waals surface area contributed by atoms with Gasteiger partial charge in [-0.05, 0) is 0 Å². The Kier molecular flexibility index (Phi) is 4.64. The van der Waals surface area contributed by atoms with Crippen LogP contribution in [0.2, 0.25) is 0 Å². The molecule has 10 nitrogen and oxygen atoms in total. The largest absolute Gasteiger partial charge is 0.397 e. The highest BCUT2D eigenvalue weighted by atomic mass is 32.3. The number of ether oxygens (including phenoxy) is 1. The number of rotatable bonds is 4. The van der Waals surface area contributed by atoms with E-state index >= 15 is 0 Å². The summed E-state index contributed by atoms with van der Waals surface area (Å²) in [6, 6.07) is -1.62. The maximum Gasteiger partial charge on any atom is 0.397 e. The first-order valence-corrected chi connectivity index (χ1v) is 6.50. The Morgan fingerprint density at radius 3 is 2.37 bits per heavy atom. The summed E-state index contributed by atoms with van der Waals surface area (Å²) in [4.78, 5) is 11.3. The van der Waals surface area contributed by atoms with Crippen LogP contribution in [0.3, 0.4) is 0 Å². The number of carbonyl (C=O) groups is 1. The van der Waals surface area contributed by atoms with E-state index in [-0.39, 0.29) is 0 Å².